The van der Waals surface area contributed by atoms with Gasteiger partial charge < -0.3 is 5.32 Å². The highest BCUT2D eigenvalue weighted by molar-refractivity contribution is 6.13. The van der Waals surface area contributed by atoms with E-state index in [4.69, 9.17) is 4.98 Å². The van der Waals surface area contributed by atoms with Crippen molar-refractivity contribution in [3.8, 4) is 11.3 Å². The van der Waals surface area contributed by atoms with E-state index >= 15 is 0 Å². The monoisotopic (exact) mass is 366 g/mol. The molecule has 1 amide bonds. The third-order valence-corrected chi connectivity index (χ3v) is 4.97. The summed E-state index contributed by atoms with van der Waals surface area (Å²) in [5.74, 6) is -0.123. The maximum Gasteiger partial charge on any atom is 0.256 e. The van der Waals surface area contributed by atoms with Crippen molar-refractivity contribution >= 4 is 22.5 Å². The van der Waals surface area contributed by atoms with E-state index < -0.39 is 0 Å². The van der Waals surface area contributed by atoms with E-state index in [0.717, 1.165) is 39.8 Å². The molecule has 3 nitrogen and oxygen atoms in total. The summed E-state index contributed by atoms with van der Waals surface area (Å²) in [4.78, 5) is 18.0. The van der Waals surface area contributed by atoms with Crippen LogP contribution in [0.3, 0.4) is 0 Å². The van der Waals surface area contributed by atoms with Crippen molar-refractivity contribution in [1.29, 1.82) is 0 Å². The van der Waals surface area contributed by atoms with E-state index in [1.54, 1.807) is 0 Å². The summed E-state index contributed by atoms with van der Waals surface area (Å²) in [6.45, 7) is 4.16. The first kappa shape index (κ1) is 17.9. The summed E-state index contributed by atoms with van der Waals surface area (Å²) < 4.78 is 0. The van der Waals surface area contributed by atoms with Gasteiger partial charge in [-0.1, -0.05) is 61.5 Å². The number of amides is 1. The number of carbonyl (C=O) groups excluding carboxylic acids is 1. The average Bonchev–Trinajstić information content (AvgIpc) is 2.73. The van der Waals surface area contributed by atoms with Crippen LogP contribution in [-0.4, -0.2) is 10.9 Å². The van der Waals surface area contributed by atoms with Gasteiger partial charge in [0.25, 0.3) is 5.91 Å². The fourth-order valence-electron chi connectivity index (χ4n) is 3.43. The number of rotatable bonds is 4. The molecular formula is C25H22N2O. The molecule has 0 bridgehead atoms. The second kappa shape index (κ2) is 7.65. The lowest BCUT2D eigenvalue weighted by Gasteiger charge is -2.12. The second-order valence-corrected chi connectivity index (χ2v) is 6.90. The fraction of sp³-hybridized carbons (Fsp3) is 0.120. The molecule has 0 aliphatic rings. The highest BCUT2D eigenvalue weighted by atomic mass is 16.1. The van der Waals surface area contributed by atoms with Gasteiger partial charge in [0.1, 0.15) is 0 Å². The third kappa shape index (κ3) is 3.52. The molecule has 0 fully saturated rings. The number of fused-ring (bicyclic) bond motifs is 1. The molecule has 3 aromatic carbocycles. The third-order valence-electron chi connectivity index (χ3n) is 4.97. The Morgan fingerprint density at radius 3 is 2.54 bits per heavy atom. The van der Waals surface area contributed by atoms with Gasteiger partial charge in [0.15, 0.2) is 0 Å². The van der Waals surface area contributed by atoms with Crippen molar-refractivity contribution < 1.29 is 4.79 Å². The van der Waals surface area contributed by atoms with Crippen molar-refractivity contribution in [2.45, 2.75) is 20.3 Å². The van der Waals surface area contributed by atoms with Crippen molar-refractivity contribution in [3.63, 3.8) is 0 Å². The Morgan fingerprint density at radius 2 is 1.71 bits per heavy atom. The molecule has 0 saturated heterocycles. The number of aryl methyl sites for hydroxylation is 2. The lowest BCUT2D eigenvalue weighted by molar-refractivity contribution is 0.102. The van der Waals surface area contributed by atoms with E-state index in [1.165, 1.54) is 5.56 Å². The summed E-state index contributed by atoms with van der Waals surface area (Å²) >= 11 is 0. The number of hydrogen-bond acceptors (Lipinski definition) is 2. The molecule has 0 aliphatic heterocycles. The average molecular weight is 366 g/mol. The number of benzene rings is 3. The van der Waals surface area contributed by atoms with Gasteiger partial charge in [0.2, 0.25) is 0 Å². The topological polar surface area (TPSA) is 42.0 Å². The molecule has 0 unspecified atom stereocenters. The Kier molecular flexibility index (Phi) is 4.90. The normalized spacial score (nSPS) is 10.8. The number of nitrogens with zero attached hydrogens (tertiary/aromatic N) is 1. The molecule has 28 heavy (non-hydrogen) atoms. The molecule has 4 aromatic rings. The fourth-order valence-corrected chi connectivity index (χ4v) is 3.43. The van der Waals surface area contributed by atoms with Gasteiger partial charge in [0, 0.05) is 16.6 Å². The smallest absolute Gasteiger partial charge is 0.256 e. The molecule has 1 heterocycles. The quantitative estimate of drug-likeness (QED) is 0.479. The van der Waals surface area contributed by atoms with Gasteiger partial charge in [-0.2, -0.15) is 0 Å². The van der Waals surface area contributed by atoms with Crippen LogP contribution in [0.1, 0.15) is 28.4 Å². The zero-order valence-electron chi connectivity index (χ0n) is 16.1. The van der Waals surface area contributed by atoms with E-state index in [2.05, 4.69) is 31.3 Å². The zero-order chi connectivity index (χ0) is 19.5. The predicted octanol–water partition coefficient (Wildman–Crippen LogP) is 6.02. The van der Waals surface area contributed by atoms with E-state index in [1.807, 2.05) is 66.7 Å². The van der Waals surface area contributed by atoms with Crippen molar-refractivity contribution in [3.05, 3.63) is 95.6 Å². The van der Waals surface area contributed by atoms with Crippen LogP contribution in [0.15, 0.2) is 78.9 Å². The van der Waals surface area contributed by atoms with E-state index in [-0.39, 0.29) is 5.91 Å². The number of pyridine rings is 1. The zero-order valence-corrected chi connectivity index (χ0v) is 16.1. The Labute approximate surface area is 165 Å². The number of para-hydroxylation sites is 1. The number of nitrogens with one attached hydrogen (secondary N) is 1. The van der Waals surface area contributed by atoms with Gasteiger partial charge in [-0.25, -0.2) is 4.98 Å². The van der Waals surface area contributed by atoms with E-state index in [0.29, 0.717) is 5.56 Å². The Bertz CT molecular complexity index is 1160. The number of aromatic nitrogens is 1. The number of anilines is 1. The first-order valence-electron chi connectivity index (χ1n) is 9.52. The summed E-state index contributed by atoms with van der Waals surface area (Å²) in [6, 6.07) is 25.7. The molecule has 0 saturated carbocycles. The molecule has 4 rings (SSSR count). The van der Waals surface area contributed by atoms with E-state index in [9.17, 15) is 4.79 Å². The van der Waals surface area contributed by atoms with Crippen molar-refractivity contribution in [1.82, 2.24) is 4.98 Å². The lowest BCUT2D eigenvalue weighted by Crippen LogP contribution is -2.13. The van der Waals surface area contributed by atoms with Crippen LogP contribution in [0, 0.1) is 6.92 Å². The maximum absolute atomic E-state index is 13.2. The second-order valence-electron chi connectivity index (χ2n) is 6.90. The molecule has 1 N–H and O–H groups in total. The van der Waals surface area contributed by atoms with Crippen LogP contribution >= 0.6 is 0 Å². The highest BCUT2D eigenvalue weighted by Gasteiger charge is 2.15. The summed E-state index contributed by atoms with van der Waals surface area (Å²) in [6.07, 6.45) is 0.930. The molecule has 138 valence electrons. The highest BCUT2D eigenvalue weighted by Crippen LogP contribution is 2.27. The van der Waals surface area contributed by atoms with Crippen LogP contribution < -0.4 is 5.32 Å². The van der Waals surface area contributed by atoms with Crippen LogP contribution in [0.25, 0.3) is 22.2 Å². The van der Waals surface area contributed by atoms with Crippen LogP contribution in [0.2, 0.25) is 0 Å². The predicted molar refractivity (Wildman–Crippen MR) is 116 cm³/mol. The molecule has 0 aliphatic carbocycles. The molecule has 0 spiro atoms. The van der Waals surface area contributed by atoms with Gasteiger partial charge in [0.05, 0.1) is 16.8 Å². The summed E-state index contributed by atoms with van der Waals surface area (Å²) in [7, 11) is 0. The maximum atomic E-state index is 13.2. The molecule has 3 heteroatoms. The number of carbonyl (C=O) groups is 1. The van der Waals surface area contributed by atoms with Crippen LogP contribution in [-0.2, 0) is 6.42 Å². The van der Waals surface area contributed by atoms with Gasteiger partial charge in [-0.3, -0.25) is 4.79 Å². The minimum Gasteiger partial charge on any atom is -0.322 e. The van der Waals surface area contributed by atoms with Gasteiger partial charge >= 0.3 is 0 Å². The van der Waals surface area contributed by atoms with Crippen molar-refractivity contribution in [2.75, 3.05) is 5.32 Å². The van der Waals surface area contributed by atoms with Crippen LogP contribution in [0.4, 0.5) is 5.69 Å². The first-order chi connectivity index (χ1) is 13.7. The summed E-state index contributed by atoms with van der Waals surface area (Å²) in [5, 5.41) is 3.90. The molecule has 1 aromatic heterocycles. The Hall–Kier alpha value is -3.46. The number of hydrogen-bond donors (Lipinski definition) is 1. The van der Waals surface area contributed by atoms with Gasteiger partial charge in [-0.15, -0.1) is 0 Å². The summed E-state index contributed by atoms with van der Waals surface area (Å²) in [5.41, 5.74) is 6.42. The lowest BCUT2D eigenvalue weighted by atomic mass is 10.0. The largest absolute Gasteiger partial charge is 0.322 e. The Balaban J connectivity index is 1.81. The molecule has 0 radical (unpaired) electrons. The van der Waals surface area contributed by atoms with Crippen molar-refractivity contribution in [2.24, 2.45) is 0 Å². The minimum atomic E-state index is -0.123. The molecule has 0 atom stereocenters. The Morgan fingerprint density at radius 1 is 0.929 bits per heavy atom. The first-order valence-corrected chi connectivity index (χ1v) is 9.52. The standard InChI is InChI=1S/C25H22N2O/c1-3-18-10-8-11-19(15-18)26-25(28)22-16-24(20-12-5-4-9-17(20)2)27-23-14-7-6-13-21(22)23/h4-16H,3H2,1-2H3,(H,26,28). The SMILES string of the molecule is CCc1cccc(NC(=O)c2cc(-c3ccccc3C)nc3ccccc23)c1. The van der Waals surface area contributed by atoms with Gasteiger partial charge in [-0.05, 0) is 48.7 Å². The molecular weight excluding hydrogens is 344 g/mol. The minimum absolute atomic E-state index is 0.123. The van der Waals surface area contributed by atoms with Crippen LogP contribution in [0.5, 0.6) is 0 Å².